The van der Waals surface area contributed by atoms with Gasteiger partial charge in [0.05, 0.1) is 7.11 Å². The molecule has 0 aliphatic heterocycles. The lowest BCUT2D eigenvalue weighted by Gasteiger charge is -2.10. The van der Waals surface area contributed by atoms with Gasteiger partial charge in [0.25, 0.3) is 0 Å². The van der Waals surface area contributed by atoms with Crippen molar-refractivity contribution in [2.75, 3.05) is 13.7 Å². The number of ether oxygens (including phenoxy) is 1. The van der Waals surface area contributed by atoms with E-state index in [1.807, 2.05) is 0 Å². The molecule has 1 rings (SSSR count). The molecule has 0 aliphatic carbocycles. The van der Waals surface area contributed by atoms with Crippen molar-refractivity contribution in [3.05, 3.63) is 22.7 Å². The Balaban J connectivity index is 2.84. The van der Waals surface area contributed by atoms with E-state index in [-0.39, 0.29) is 5.75 Å². The van der Waals surface area contributed by atoms with Crippen LogP contribution in [0.4, 0.5) is 0 Å². The second-order valence-corrected chi connectivity index (χ2v) is 3.73. The number of unbranched alkanes of at least 4 members (excludes halogenated alkanes) is 1. The molecule has 1 aromatic carbocycles. The topological polar surface area (TPSA) is 55.5 Å². The predicted molar refractivity (Wildman–Crippen MR) is 61.7 cm³/mol. The molecule has 84 valence electrons. The fourth-order valence-corrected chi connectivity index (χ4v) is 1.69. The molecule has 0 atom stereocenters. The highest BCUT2D eigenvalue weighted by Crippen LogP contribution is 2.35. The first-order valence-electron chi connectivity index (χ1n) is 4.95. The van der Waals surface area contributed by atoms with Gasteiger partial charge in [-0.3, -0.25) is 0 Å². The SMILES string of the molecule is COc1ccc(Cl)c(CCCCN)c1O. The smallest absolute Gasteiger partial charge is 0.162 e. The molecule has 0 saturated carbocycles. The first-order valence-corrected chi connectivity index (χ1v) is 5.33. The van der Waals surface area contributed by atoms with Crippen molar-refractivity contribution in [1.29, 1.82) is 0 Å². The lowest BCUT2D eigenvalue weighted by atomic mass is 10.1. The third-order valence-corrected chi connectivity index (χ3v) is 2.64. The Kier molecular flexibility index (Phi) is 4.72. The van der Waals surface area contributed by atoms with Crippen molar-refractivity contribution in [3.63, 3.8) is 0 Å². The molecule has 4 heteroatoms. The maximum Gasteiger partial charge on any atom is 0.162 e. The van der Waals surface area contributed by atoms with E-state index < -0.39 is 0 Å². The highest BCUT2D eigenvalue weighted by atomic mass is 35.5. The first kappa shape index (κ1) is 12.1. The average Bonchev–Trinajstić information content (AvgIpc) is 2.23. The Labute approximate surface area is 94.8 Å². The maximum atomic E-state index is 9.83. The van der Waals surface area contributed by atoms with Crippen LogP contribution >= 0.6 is 11.6 Å². The molecule has 0 saturated heterocycles. The van der Waals surface area contributed by atoms with Crippen LogP contribution in [0, 0.1) is 0 Å². The van der Waals surface area contributed by atoms with Crippen molar-refractivity contribution < 1.29 is 9.84 Å². The molecular formula is C11H16ClNO2. The van der Waals surface area contributed by atoms with E-state index in [4.69, 9.17) is 22.1 Å². The van der Waals surface area contributed by atoms with Gasteiger partial charge in [-0.1, -0.05) is 11.6 Å². The van der Waals surface area contributed by atoms with Crippen LogP contribution in [0.5, 0.6) is 11.5 Å². The van der Waals surface area contributed by atoms with Crippen molar-refractivity contribution in [1.82, 2.24) is 0 Å². The zero-order valence-corrected chi connectivity index (χ0v) is 9.55. The van der Waals surface area contributed by atoms with E-state index in [1.54, 1.807) is 12.1 Å². The largest absolute Gasteiger partial charge is 0.504 e. The standard InChI is InChI=1S/C11H16ClNO2/c1-15-10-6-5-9(12)8(11(10)14)4-2-3-7-13/h5-6,14H,2-4,7,13H2,1H3. The molecule has 0 bridgehead atoms. The van der Waals surface area contributed by atoms with E-state index in [0.717, 1.165) is 24.8 Å². The molecule has 0 fully saturated rings. The van der Waals surface area contributed by atoms with Crippen molar-refractivity contribution in [2.24, 2.45) is 5.73 Å². The summed E-state index contributed by atoms with van der Waals surface area (Å²) >= 11 is 5.99. The van der Waals surface area contributed by atoms with Gasteiger partial charge in [0.1, 0.15) is 0 Å². The number of methoxy groups -OCH3 is 1. The summed E-state index contributed by atoms with van der Waals surface area (Å²) in [5, 5.41) is 10.4. The van der Waals surface area contributed by atoms with Crippen LogP contribution in [-0.2, 0) is 6.42 Å². The Morgan fingerprint density at radius 2 is 2.13 bits per heavy atom. The second-order valence-electron chi connectivity index (χ2n) is 3.32. The third kappa shape index (κ3) is 3.01. The highest BCUT2D eigenvalue weighted by Gasteiger charge is 2.11. The van der Waals surface area contributed by atoms with Crippen LogP contribution in [0.15, 0.2) is 12.1 Å². The number of phenols is 1. The van der Waals surface area contributed by atoms with Gasteiger partial charge in [-0.05, 0) is 37.9 Å². The number of aromatic hydroxyl groups is 1. The molecule has 3 N–H and O–H groups in total. The van der Waals surface area contributed by atoms with Crippen molar-refractivity contribution in [2.45, 2.75) is 19.3 Å². The summed E-state index contributed by atoms with van der Waals surface area (Å²) in [5.41, 5.74) is 6.14. The van der Waals surface area contributed by atoms with E-state index >= 15 is 0 Å². The predicted octanol–water partition coefficient (Wildman–Crippen LogP) is 2.34. The summed E-state index contributed by atoms with van der Waals surface area (Å²) in [7, 11) is 1.52. The molecule has 0 heterocycles. The Hall–Kier alpha value is -0.930. The summed E-state index contributed by atoms with van der Waals surface area (Å²) < 4.78 is 5.01. The van der Waals surface area contributed by atoms with Crippen LogP contribution in [0.3, 0.4) is 0 Å². The normalized spacial score (nSPS) is 10.3. The lowest BCUT2D eigenvalue weighted by molar-refractivity contribution is 0.370. The fourth-order valence-electron chi connectivity index (χ4n) is 1.44. The summed E-state index contributed by atoms with van der Waals surface area (Å²) in [5.74, 6) is 0.601. The molecule has 3 nitrogen and oxygen atoms in total. The molecule has 0 radical (unpaired) electrons. The van der Waals surface area contributed by atoms with E-state index in [2.05, 4.69) is 0 Å². The van der Waals surface area contributed by atoms with Gasteiger partial charge in [0, 0.05) is 10.6 Å². The number of benzene rings is 1. The zero-order valence-electron chi connectivity index (χ0n) is 8.79. The molecule has 15 heavy (non-hydrogen) atoms. The molecule has 0 spiro atoms. The highest BCUT2D eigenvalue weighted by molar-refractivity contribution is 6.31. The van der Waals surface area contributed by atoms with Gasteiger partial charge in [0.2, 0.25) is 0 Å². The summed E-state index contributed by atoms with van der Waals surface area (Å²) in [6.45, 7) is 0.655. The van der Waals surface area contributed by atoms with Crippen LogP contribution in [0.25, 0.3) is 0 Å². The Bertz CT molecular complexity index is 329. The van der Waals surface area contributed by atoms with Crippen molar-refractivity contribution in [3.8, 4) is 11.5 Å². The lowest BCUT2D eigenvalue weighted by Crippen LogP contribution is -1.99. The fraction of sp³-hybridized carbons (Fsp3) is 0.455. The summed E-state index contributed by atoms with van der Waals surface area (Å²) in [6, 6.07) is 3.39. The number of hydrogen-bond acceptors (Lipinski definition) is 3. The number of hydrogen-bond donors (Lipinski definition) is 2. The first-order chi connectivity index (χ1) is 7.20. The van der Waals surface area contributed by atoms with Crippen molar-refractivity contribution >= 4 is 11.6 Å². The number of nitrogens with two attached hydrogens (primary N) is 1. The number of phenolic OH excluding ortho intramolecular Hbond substituents is 1. The van der Waals surface area contributed by atoms with Gasteiger partial charge >= 0.3 is 0 Å². The van der Waals surface area contributed by atoms with E-state index in [0.29, 0.717) is 17.3 Å². The quantitative estimate of drug-likeness (QED) is 0.762. The number of halogens is 1. The van der Waals surface area contributed by atoms with Crippen LogP contribution < -0.4 is 10.5 Å². The molecule has 0 aromatic heterocycles. The Morgan fingerprint density at radius 1 is 1.40 bits per heavy atom. The second kappa shape index (κ2) is 5.83. The minimum atomic E-state index is 0.141. The summed E-state index contributed by atoms with van der Waals surface area (Å²) in [4.78, 5) is 0. The average molecular weight is 230 g/mol. The molecule has 0 aliphatic rings. The zero-order chi connectivity index (χ0) is 11.3. The van der Waals surface area contributed by atoms with E-state index in [1.165, 1.54) is 7.11 Å². The molecule has 0 unspecified atom stereocenters. The minimum Gasteiger partial charge on any atom is -0.504 e. The third-order valence-electron chi connectivity index (χ3n) is 2.29. The number of rotatable bonds is 5. The van der Waals surface area contributed by atoms with Crippen LogP contribution in [0.1, 0.15) is 18.4 Å². The monoisotopic (exact) mass is 229 g/mol. The Morgan fingerprint density at radius 3 is 2.73 bits per heavy atom. The molecular weight excluding hydrogens is 214 g/mol. The van der Waals surface area contributed by atoms with Gasteiger partial charge in [-0.25, -0.2) is 0 Å². The minimum absolute atomic E-state index is 0.141. The van der Waals surface area contributed by atoms with Crippen LogP contribution in [-0.4, -0.2) is 18.8 Å². The summed E-state index contributed by atoms with van der Waals surface area (Å²) in [6.07, 6.45) is 2.56. The van der Waals surface area contributed by atoms with Gasteiger partial charge < -0.3 is 15.6 Å². The molecule has 1 aromatic rings. The van der Waals surface area contributed by atoms with Gasteiger partial charge in [-0.15, -0.1) is 0 Å². The maximum absolute atomic E-state index is 9.83. The van der Waals surface area contributed by atoms with Crippen LogP contribution in [0.2, 0.25) is 5.02 Å². The van der Waals surface area contributed by atoms with Gasteiger partial charge in [-0.2, -0.15) is 0 Å². The van der Waals surface area contributed by atoms with Gasteiger partial charge in [0.15, 0.2) is 11.5 Å². The van der Waals surface area contributed by atoms with E-state index in [9.17, 15) is 5.11 Å². The molecule has 0 amide bonds.